The summed E-state index contributed by atoms with van der Waals surface area (Å²) in [6, 6.07) is 5.19. The number of carbonyl (C=O) groups excluding carboxylic acids is 2. The zero-order valence-corrected chi connectivity index (χ0v) is 21.9. The molecule has 4 rings (SSSR count). The normalized spacial score (nSPS) is 11.1. The van der Waals surface area contributed by atoms with Gasteiger partial charge in [-0.2, -0.15) is 0 Å². The summed E-state index contributed by atoms with van der Waals surface area (Å²) < 4.78 is 33.9. The highest BCUT2D eigenvalue weighted by molar-refractivity contribution is 9.08. The number of halogens is 3. The molecule has 13 heteroatoms. The molecule has 4 aromatic rings. The molecule has 0 atom stereocenters. The van der Waals surface area contributed by atoms with E-state index in [0.29, 0.717) is 22.7 Å². The van der Waals surface area contributed by atoms with E-state index in [4.69, 9.17) is 4.74 Å². The molecule has 2 aromatic heterocycles. The average Bonchev–Trinajstić information content (AvgIpc) is 2.81. The zero-order chi connectivity index (χ0) is 27.5. The van der Waals surface area contributed by atoms with Crippen LogP contribution in [0.25, 0.3) is 21.8 Å². The van der Waals surface area contributed by atoms with Gasteiger partial charge in [0.15, 0.2) is 0 Å². The summed E-state index contributed by atoms with van der Waals surface area (Å²) in [5, 5.41) is 0.717. The fourth-order valence-electron chi connectivity index (χ4n) is 3.17. The first-order valence-electron chi connectivity index (χ1n) is 10.8. The number of rotatable bonds is 3. The highest BCUT2D eigenvalue weighted by Gasteiger charge is 2.20. The van der Waals surface area contributed by atoms with Crippen molar-refractivity contribution in [1.29, 1.82) is 0 Å². The number of hydrogen-bond acceptors (Lipinski definition) is 7. The van der Waals surface area contributed by atoms with Crippen LogP contribution in [0.2, 0.25) is 0 Å². The maximum atomic E-state index is 13.7. The van der Waals surface area contributed by atoms with Crippen molar-refractivity contribution >= 4 is 57.4 Å². The van der Waals surface area contributed by atoms with Gasteiger partial charge in [-0.1, -0.05) is 15.9 Å². The largest absolute Gasteiger partial charge is 0.443 e. The van der Waals surface area contributed by atoms with Crippen LogP contribution in [-0.2, 0) is 14.9 Å². The Bertz CT molecular complexity index is 1630. The number of nitrogens with zero attached hydrogens (tertiary/aromatic N) is 4. The minimum Gasteiger partial charge on any atom is -0.443 e. The molecule has 0 fully saturated rings. The fraction of sp³-hybridized carbons (Fsp3) is 0.250. The van der Waals surface area contributed by atoms with Gasteiger partial charge in [0.25, 0.3) is 5.56 Å². The third-order valence-corrected chi connectivity index (χ3v) is 5.55. The number of ether oxygens (including phenoxy) is 1. The number of aromatic nitrogens is 4. The predicted octanol–water partition coefficient (Wildman–Crippen LogP) is 3.72. The van der Waals surface area contributed by atoms with Gasteiger partial charge in [-0.15, -0.1) is 0 Å². The molecule has 191 valence electrons. The standard InChI is InChI=1S/C14H14BrFN2O3.C10H7BFN2O2/c1-14(2,3)21-13(20)18-7-17-11-5-10(16)8(6-15)4-9(11)12(18)19;1-6-2-7-9(3-8(6)12)13-5-14(10(7)16)11-4-15/h4-5,7H,6H2,1-3H3;2-5H,1H3. The second-order valence-electron chi connectivity index (χ2n) is 8.86. The maximum Gasteiger partial charge on any atom is 0.422 e. The van der Waals surface area contributed by atoms with E-state index >= 15 is 0 Å². The molecule has 0 spiro atoms. The van der Waals surface area contributed by atoms with Crippen LogP contribution in [0.1, 0.15) is 31.9 Å². The van der Waals surface area contributed by atoms with Crippen LogP contribution in [0.15, 0.2) is 46.5 Å². The Kier molecular flexibility index (Phi) is 8.37. The van der Waals surface area contributed by atoms with Gasteiger partial charge in [0, 0.05) is 17.5 Å². The molecule has 0 saturated heterocycles. The van der Waals surface area contributed by atoms with Crippen molar-refractivity contribution in [2.24, 2.45) is 0 Å². The summed E-state index contributed by atoms with van der Waals surface area (Å²) in [4.78, 5) is 54.2. The number of hydrogen-bond donors (Lipinski definition) is 0. The van der Waals surface area contributed by atoms with Crippen LogP contribution in [0, 0.1) is 18.6 Å². The lowest BCUT2D eigenvalue weighted by molar-refractivity contribution is 0.0530. The van der Waals surface area contributed by atoms with Gasteiger partial charge in [0.05, 0.1) is 28.1 Å². The molecule has 0 aliphatic heterocycles. The topological polar surface area (TPSA) is 113 Å². The van der Waals surface area contributed by atoms with Crippen LogP contribution in [0.4, 0.5) is 13.6 Å². The quantitative estimate of drug-likeness (QED) is 0.208. The van der Waals surface area contributed by atoms with Crippen molar-refractivity contribution in [3.05, 3.63) is 80.4 Å². The van der Waals surface area contributed by atoms with Gasteiger partial charge in [0.1, 0.15) is 29.7 Å². The van der Waals surface area contributed by atoms with Gasteiger partial charge < -0.3 is 14.0 Å². The first kappa shape index (κ1) is 27.8. The first-order chi connectivity index (χ1) is 17.4. The third kappa shape index (κ3) is 6.34. The average molecular weight is 574 g/mol. The molecular formula is C24H21BBrF2N4O5. The summed E-state index contributed by atoms with van der Waals surface area (Å²) in [5.41, 5.74) is -0.532. The highest BCUT2D eigenvalue weighted by atomic mass is 79.9. The molecule has 9 nitrogen and oxygen atoms in total. The van der Waals surface area contributed by atoms with E-state index in [1.54, 1.807) is 27.7 Å². The van der Waals surface area contributed by atoms with Crippen molar-refractivity contribution in [3.8, 4) is 0 Å². The van der Waals surface area contributed by atoms with Crippen molar-refractivity contribution in [2.45, 2.75) is 38.6 Å². The van der Waals surface area contributed by atoms with Gasteiger partial charge >= 0.3 is 13.5 Å². The Morgan fingerprint density at radius 3 is 2.22 bits per heavy atom. The number of fused-ring (bicyclic) bond motifs is 2. The fourth-order valence-corrected chi connectivity index (χ4v) is 3.60. The first-order valence-corrected chi connectivity index (χ1v) is 11.9. The van der Waals surface area contributed by atoms with Crippen molar-refractivity contribution in [3.63, 3.8) is 0 Å². The second kappa shape index (κ2) is 11.1. The van der Waals surface area contributed by atoms with Gasteiger partial charge in [0.2, 0.25) is 5.56 Å². The summed E-state index contributed by atoms with van der Waals surface area (Å²) >= 11 is 3.14. The molecule has 1 radical (unpaired) electrons. The van der Waals surface area contributed by atoms with Crippen LogP contribution >= 0.6 is 15.9 Å². The Balaban J connectivity index is 0.000000213. The minimum atomic E-state index is -0.813. The molecular weight excluding hydrogens is 553 g/mol. The number of carbonyl (C=O) groups is 2. The number of benzene rings is 2. The maximum absolute atomic E-state index is 13.7. The summed E-state index contributed by atoms with van der Waals surface area (Å²) in [5.74, 6) is -0.863. The molecule has 37 heavy (non-hydrogen) atoms. The molecule has 2 aromatic carbocycles. The smallest absolute Gasteiger partial charge is 0.422 e. The minimum absolute atomic E-state index is 0.166. The Morgan fingerprint density at radius 2 is 1.62 bits per heavy atom. The van der Waals surface area contributed by atoms with Crippen LogP contribution in [0.5, 0.6) is 0 Å². The van der Waals surface area contributed by atoms with Gasteiger partial charge in [-0.05, 0) is 51.0 Å². The monoisotopic (exact) mass is 573 g/mol. The summed E-state index contributed by atoms with van der Waals surface area (Å²) in [7, 11) is 1.06. The van der Waals surface area contributed by atoms with Gasteiger partial charge in [-0.3, -0.25) is 9.59 Å². The van der Waals surface area contributed by atoms with E-state index in [9.17, 15) is 28.0 Å². The Hall–Kier alpha value is -3.74. The highest BCUT2D eigenvalue weighted by Crippen LogP contribution is 2.17. The molecule has 0 aliphatic carbocycles. The van der Waals surface area contributed by atoms with E-state index in [1.807, 2.05) is 0 Å². The third-order valence-electron chi connectivity index (χ3n) is 4.94. The van der Waals surface area contributed by atoms with E-state index in [-0.39, 0.29) is 27.3 Å². The molecule has 2 heterocycles. The van der Waals surface area contributed by atoms with Crippen LogP contribution < -0.4 is 11.1 Å². The van der Waals surface area contributed by atoms with Crippen LogP contribution in [-0.4, -0.2) is 44.3 Å². The van der Waals surface area contributed by atoms with Crippen LogP contribution in [0.3, 0.4) is 0 Å². The summed E-state index contributed by atoms with van der Waals surface area (Å²) in [6.07, 6.45) is 1.91. The lowest BCUT2D eigenvalue weighted by atomic mass is 9.98. The molecule has 0 bridgehead atoms. The number of alkyl halides is 1. The van der Waals surface area contributed by atoms with Gasteiger partial charge in [-0.25, -0.2) is 28.1 Å². The molecule has 0 aliphatic rings. The molecule has 0 unspecified atom stereocenters. The lowest BCUT2D eigenvalue weighted by Crippen LogP contribution is -2.33. The molecule has 0 amide bonds. The second-order valence-corrected chi connectivity index (χ2v) is 9.42. The lowest BCUT2D eigenvalue weighted by Gasteiger charge is -2.19. The van der Waals surface area contributed by atoms with Crippen molar-refractivity contribution in [1.82, 2.24) is 19.0 Å². The van der Waals surface area contributed by atoms with E-state index in [1.165, 1.54) is 30.6 Å². The number of aryl methyl sites for hydroxylation is 1. The molecule has 0 saturated carbocycles. The van der Waals surface area contributed by atoms with E-state index in [2.05, 4.69) is 25.9 Å². The van der Waals surface area contributed by atoms with E-state index < -0.39 is 28.9 Å². The van der Waals surface area contributed by atoms with E-state index in [0.717, 1.165) is 22.8 Å². The SMILES string of the molecule is CC(C)(C)OC(=O)n1cnc2cc(F)c(CBr)cc2c1=O.Cc1cc2c(=O)n([B]C=O)cnc2cc1F. The predicted molar refractivity (Wildman–Crippen MR) is 139 cm³/mol. The zero-order valence-electron chi connectivity index (χ0n) is 20.3. The van der Waals surface area contributed by atoms with Crippen molar-refractivity contribution < 1.29 is 23.1 Å². The Labute approximate surface area is 218 Å². The summed E-state index contributed by atoms with van der Waals surface area (Å²) in [6.45, 7) is 6.66. The Morgan fingerprint density at radius 1 is 1.03 bits per heavy atom. The molecule has 0 N–H and O–H groups in total. The van der Waals surface area contributed by atoms with Crippen molar-refractivity contribution in [2.75, 3.05) is 0 Å².